The largest absolute Gasteiger partial charge is 2.00 e. The normalized spacial score (nSPS) is 9.65. The Bertz CT molecular complexity index is 697. The number of nitrogens with one attached hydrogen (secondary N) is 1. The van der Waals surface area contributed by atoms with Gasteiger partial charge in [0.15, 0.2) is 5.16 Å². The molecular weight excluding hydrogens is 355 g/mol. The van der Waals surface area contributed by atoms with E-state index in [1.807, 2.05) is 6.26 Å². The molecule has 1 heterocycles. The van der Waals surface area contributed by atoms with Crippen LogP contribution in [-0.4, -0.2) is 35.0 Å². The Morgan fingerprint density at radius 2 is 2.35 bits per heavy atom. The third-order valence-electron chi connectivity index (χ3n) is 2.67. The molecule has 2 aromatic rings. The van der Waals surface area contributed by atoms with E-state index in [4.69, 9.17) is 10.1 Å². The zero-order valence-electron chi connectivity index (χ0n) is 12.5. The van der Waals surface area contributed by atoms with E-state index >= 15 is 0 Å². The summed E-state index contributed by atoms with van der Waals surface area (Å²) in [6.45, 7) is 2.00. The van der Waals surface area contributed by atoms with Gasteiger partial charge in [0.1, 0.15) is 11.4 Å². The van der Waals surface area contributed by atoms with Gasteiger partial charge >= 0.3 is 23.0 Å². The van der Waals surface area contributed by atoms with Crippen LogP contribution in [0.5, 0.6) is 0 Å². The molecule has 8 heteroatoms. The van der Waals surface area contributed by atoms with Crippen molar-refractivity contribution in [3.63, 3.8) is 0 Å². The molecular formula is C15H14MnN4O2S. The molecule has 1 aromatic carbocycles. The maximum absolute atomic E-state index is 12.0. The Labute approximate surface area is 149 Å². The Morgan fingerprint density at radius 1 is 1.57 bits per heavy atom. The quantitative estimate of drug-likeness (QED) is 0.210. The summed E-state index contributed by atoms with van der Waals surface area (Å²) in [5.41, 5.74) is 1.43. The molecule has 1 radical (unpaired) electrons. The van der Waals surface area contributed by atoms with E-state index in [1.54, 1.807) is 25.1 Å². The molecule has 6 nitrogen and oxygen atoms in total. The van der Waals surface area contributed by atoms with Crippen molar-refractivity contribution in [2.45, 2.75) is 12.1 Å². The van der Waals surface area contributed by atoms with Gasteiger partial charge in [0.25, 0.3) is 0 Å². The van der Waals surface area contributed by atoms with Crippen LogP contribution < -0.4 is 5.32 Å². The predicted octanol–water partition coefficient (Wildman–Crippen LogP) is 2.90. The van der Waals surface area contributed by atoms with Crippen LogP contribution in [0.4, 0.5) is 11.5 Å². The van der Waals surface area contributed by atoms with Crippen molar-refractivity contribution in [2.24, 2.45) is 0 Å². The SMILES string of the molecule is CCOC(=O)c1cnc(SC)nc1Nc1cc[c-]c(C=[N-])c1.[Mn+2]. The molecule has 0 fully saturated rings. The van der Waals surface area contributed by atoms with Crippen molar-refractivity contribution in [1.29, 1.82) is 0 Å². The minimum absolute atomic E-state index is 0. The second kappa shape index (κ2) is 9.29. The molecule has 0 aliphatic rings. The molecule has 0 spiro atoms. The van der Waals surface area contributed by atoms with E-state index in [9.17, 15) is 4.79 Å². The van der Waals surface area contributed by atoms with Crippen LogP contribution in [0.15, 0.2) is 29.6 Å². The van der Waals surface area contributed by atoms with Gasteiger partial charge in [0, 0.05) is 6.20 Å². The Balaban J connectivity index is 0.00000264. The summed E-state index contributed by atoms with van der Waals surface area (Å²) < 4.78 is 5.01. The summed E-state index contributed by atoms with van der Waals surface area (Å²) in [4.78, 5) is 20.4. The summed E-state index contributed by atoms with van der Waals surface area (Å²) in [6, 6.07) is 7.94. The number of hydrogen-bond acceptors (Lipinski definition) is 6. The van der Waals surface area contributed by atoms with Gasteiger partial charge in [-0.25, -0.2) is 14.8 Å². The molecule has 0 aliphatic heterocycles. The fourth-order valence-corrected chi connectivity index (χ4v) is 2.03. The number of aromatic nitrogens is 2. The first-order valence-electron chi connectivity index (χ1n) is 6.52. The van der Waals surface area contributed by atoms with Crippen molar-refractivity contribution < 1.29 is 26.6 Å². The average Bonchev–Trinajstić information content (AvgIpc) is 2.55. The summed E-state index contributed by atoms with van der Waals surface area (Å²) >= 11 is 1.37. The molecule has 0 saturated heterocycles. The first kappa shape index (κ1) is 19.2. The fourth-order valence-electron chi connectivity index (χ4n) is 1.69. The van der Waals surface area contributed by atoms with Crippen LogP contribution in [0.25, 0.3) is 5.41 Å². The number of nitrogens with zero attached hydrogens (tertiary/aromatic N) is 3. The average molecular weight is 369 g/mol. The fraction of sp³-hybridized carbons (Fsp3) is 0.200. The number of carbonyl (C=O) groups excluding carboxylic acids is 1. The molecule has 0 bridgehead atoms. The van der Waals surface area contributed by atoms with E-state index in [0.717, 1.165) is 6.21 Å². The van der Waals surface area contributed by atoms with Crippen molar-refractivity contribution in [3.05, 3.63) is 47.0 Å². The molecule has 23 heavy (non-hydrogen) atoms. The van der Waals surface area contributed by atoms with Crippen LogP contribution in [0.1, 0.15) is 22.8 Å². The third kappa shape index (κ3) is 5.06. The first-order valence-corrected chi connectivity index (χ1v) is 7.74. The molecule has 0 amide bonds. The Morgan fingerprint density at radius 3 is 3.00 bits per heavy atom. The zero-order chi connectivity index (χ0) is 15.9. The number of ether oxygens (including phenoxy) is 1. The smallest absolute Gasteiger partial charge is 0.862 e. The zero-order valence-corrected chi connectivity index (χ0v) is 14.5. The van der Waals surface area contributed by atoms with Crippen molar-refractivity contribution in [3.8, 4) is 0 Å². The van der Waals surface area contributed by atoms with Crippen molar-refractivity contribution in [1.82, 2.24) is 9.97 Å². The maximum atomic E-state index is 12.0. The topological polar surface area (TPSA) is 86.4 Å². The second-order valence-corrected chi connectivity index (χ2v) is 4.90. The summed E-state index contributed by atoms with van der Waals surface area (Å²) in [6.07, 6.45) is 4.23. The molecule has 119 valence electrons. The van der Waals surface area contributed by atoms with Crippen molar-refractivity contribution >= 4 is 35.5 Å². The van der Waals surface area contributed by atoms with Gasteiger partial charge in [-0.3, -0.25) is 6.21 Å². The summed E-state index contributed by atoms with van der Waals surface area (Å²) in [7, 11) is 0. The van der Waals surface area contributed by atoms with E-state index in [-0.39, 0.29) is 29.2 Å². The number of anilines is 2. The molecule has 0 unspecified atom stereocenters. The number of esters is 1. The van der Waals surface area contributed by atoms with Crippen LogP contribution in [0, 0.1) is 6.07 Å². The molecule has 1 aromatic heterocycles. The van der Waals surface area contributed by atoms with Gasteiger partial charge in [0.2, 0.25) is 0 Å². The van der Waals surface area contributed by atoms with Crippen LogP contribution in [0.2, 0.25) is 0 Å². The molecule has 1 N–H and O–H groups in total. The maximum Gasteiger partial charge on any atom is 2.00 e. The summed E-state index contributed by atoms with van der Waals surface area (Å²) in [5.74, 6) is -0.137. The van der Waals surface area contributed by atoms with Crippen molar-refractivity contribution in [2.75, 3.05) is 18.2 Å². The van der Waals surface area contributed by atoms with Crippen LogP contribution >= 0.6 is 11.8 Å². The minimum atomic E-state index is -0.492. The molecule has 0 saturated carbocycles. The number of thioether (sulfide) groups is 1. The van der Waals surface area contributed by atoms with Gasteiger partial charge < -0.3 is 15.5 Å². The van der Waals surface area contributed by atoms with Gasteiger partial charge in [-0.05, 0) is 18.9 Å². The number of carbonyl (C=O) groups is 1. The monoisotopic (exact) mass is 369 g/mol. The van der Waals surface area contributed by atoms with Crippen LogP contribution in [0.3, 0.4) is 0 Å². The van der Waals surface area contributed by atoms with Gasteiger partial charge in [-0.15, -0.1) is 24.3 Å². The van der Waals surface area contributed by atoms with E-state index in [1.165, 1.54) is 18.0 Å². The van der Waals surface area contributed by atoms with Crippen LogP contribution in [-0.2, 0) is 21.8 Å². The third-order valence-corrected chi connectivity index (χ3v) is 3.23. The van der Waals surface area contributed by atoms with E-state index < -0.39 is 5.97 Å². The standard InChI is InChI=1S/C15H14N4O2S.Mn/c1-3-21-14(20)12-9-17-15(22-2)19-13(12)18-11-6-4-5-10(7-11)8-16;/h4,6-9H,3H2,1-2H3,(H,17,18,19);/q-2;+2. The van der Waals surface area contributed by atoms with Gasteiger partial charge in [0.05, 0.1) is 6.61 Å². The van der Waals surface area contributed by atoms with Gasteiger partial charge in [-0.2, -0.15) is 5.56 Å². The van der Waals surface area contributed by atoms with E-state index in [2.05, 4.69) is 21.4 Å². The number of benzene rings is 1. The molecule has 0 atom stereocenters. The Kier molecular flexibility index (Phi) is 7.74. The minimum Gasteiger partial charge on any atom is -0.862 e. The van der Waals surface area contributed by atoms with E-state index in [0.29, 0.717) is 22.2 Å². The first-order chi connectivity index (χ1) is 10.7. The Hall–Kier alpha value is -1.89. The second-order valence-electron chi connectivity index (χ2n) is 4.13. The summed E-state index contributed by atoms with van der Waals surface area (Å²) in [5, 5.41) is 12.6. The number of hydrogen-bond donors (Lipinski definition) is 1. The number of rotatable bonds is 6. The molecule has 0 aliphatic carbocycles. The molecule has 2 rings (SSSR count). The predicted molar refractivity (Wildman–Crippen MR) is 86.9 cm³/mol. The van der Waals surface area contributed by atoms with Gasteiger partial charge in [-0.1, -0.05) is 11.8 Å².